The minimum Gasteiger partial charge on any atom is -0.496 e. The average Bonchev–Trinajstić information content (AvgIpc) is 3.34. The maximum absolute atomic E-state index is 7.74. The number of fused-ring (bicyclic) bond motifs is 7. The van der Waals surface area contributed by atoms with Crippen LogP contribution in [0.2, 0.25) is 0 Å². The number of hydrogen-bond acceptors (Lipinski definition) is 6. The van der Waals surface area contributed by atoms with Gasteiger partial charge in [0.2, 0.25) is 6.33 Å². The quantitative estimate of drug-likeness (QED) is 0.327. The zero-order valence-electron chi connectivity index (χ0n) is 22.6. The molecule has 0 saturated carbocycles. The van der Waals surface area contributed by atoms with Gasteiger partial charge < -0.3 is 9.47 Å². The molecule has 0 bridgehead atoms. The first-order valence-corrected chi connectivity index (χ1v) is 14.0. The predicted molar refractivity (Wildman–Crippen MR) is 148 cm³/mol. The van der Waals surface area contributed by atoms with Gasteiger partial charge in [-0.1, -0.05) is 48.5 Å². The van der Waals surface area contributed by atoms with Crippen molar-refractivity contribution in [2.24, 2.45) is 11.5 Å². The van der Waals surface area contributed by atoms with Gasteiger partial charge in [0.1, 0.15) is 11.5 Å². The van der Waals surface area contributed by atoms with Crippen LogP contribution < -0.4 is 30.3 Å². The summed E-state index contributed by atoms with van der Waals surface area (Å²) in [5, 5.41) is 9.86. The largest absolute Gasteiger partial charge is 0.496 e. The van der Waals surface area contributed by atoms with E-state index in [4.69, 9.17) is 31.1 Å². The first-order valence-electron chi connectivity index (χ1n) is 14.0. The molecule has 198 valence electrons. The molecule has 10 rings (SSSR count). The number of hydrogen-bond donors (Lipinski definition) is 2. The lowest BCUT2D eigenvalue weighted by atomic mass is 9.67. The number of aromatic nitrogens is 4. The Labute approximate surface area is 235 Å². The third-order valence-electron chi connectivity index (χ3n) is 10.2. The summed E-state index contributed by atoms with van der Waals surface area (Å²) in [5.41, 5.74) is 26.9. The van der Waals surface area contributed by atoms with Crippen LogP contribution >= 0.6 is 0 Å². The Kier molecular flexibility index (Phi) is 3.66. The fourth-order valence-electron chi connectivity index (χ4n) is 8.86. The second-order valence-corrected chi connectivity index (χ2v) is 11.8. The molecule has 0 saturated heterocycles. The second-order valence-electron chi connectivity index (χ2n) is 11.8. The van der Waals surface area contributed by atoms with Crippen LogP contribution in [0.1, 0.15) is 67.4 Å². The molecule has 5 aliphatic rings. The molecule has 1 aromatic heterocycles. The fraction of sp³-hybridized carbons (Fsp3) is 0.212. The van der Waals surface area contributed by atoms with Gasteiger partial charge in [-0.2, -0.15) is 0 Å². The van der Waals surface area contributed by atoms with Crippen molar-refractivity contribution in [1.29, 1.82) is 0 Å². The third-order valence-corrected chi connectivity index (χ3v) is 10.2. The van der Waals surface area contributed by atoms with E-state index in [1.807, 2.05) is 33.6 Å². The van der Waals surface area contributed by atoms with Gasteiger partial charge in [0.25, 0.3) is 0 Å². The summed E-state index contributed by atoms with van der Waals surface area (Å²) in [6.07, 6.45) is 3.14. The highest BCUT2D eigenvalue weighted by atomic mass is 16.5. The van der Waals surface area contributed by atoms with Crippen LogP contribution in [0.25, 0.3) is 11.1 Å². The second kappa shape index (κ2) is 6.79. The molecule has 0 fully saturated rings. The summed E-state index contributed by atoms with van der Waals surface area (Å²) in [4.78, 5) is 0. The normalized spacial score (nSPS) is 23.9. The Morgan fingerprint density at radius 1 is 0.659 bits per heavy atom. The molecule has 8 nitrogen and oxygen atoms in total. The van der Waals surface area contributed by atoms with Crippen molar-refractivity contribution in [1.82, 2.24) is 10.2 Å². The first-order chi connectivity index (χ1) is 20.0. The molecule has 8 heteroatoms. The molecule has 0 amide bonds. The van der Waals surface area contributed by atoms with E-state index in [2.05, 4.69) is 36.4 Å². The van der Waals surface area contributed by atoms with Crippen LogP contribution in [0.15, 0.2) is 67.0 Å². The lowest BCUT2D eigenvalue weighted by molar-refractivity contribution is -0.933. The average molecular weight is 539 g/mol. The SMILES string of the molecule is COc1cccc2c1C1(N)c3c(ccc4c3C3c5c-4ccc4c5C(N)(c5c(cccc5OC)C4)[n+]4ncn[n+]1c43)C2. The van der Waals surface area contributed by atoms with E-state index < -0.39 is 11.3 Å². The molecule has 3 heterocycles. The van der Waals surface area contributed by atoms with Gasteiger partial charge in [-0.3, -0.25) is 11.5 Å². The molecular weight excluding hydrogens is 512 g/mol. The molecule has 41 heavy (non-hydrogen) atoms. The predicted octanol–water partition coefficient (Wildman–Crippen LogP) is 2.08. The van der Waals surface area contributed by atoms with Gasteiger partial charge in [-0.25, -0.2) is 0 Å². The summed E-state index contributed by atoms with van der Waals surface area (Å²) in [7, 11) is 3.41. The Hall–Kier alpha value is -4.66. The van der Waals surface area contributed by atoms with E-state index in [0.29, 0.717) is 0 Å². The minimum absolute atomic E-state index is 0.0908. The smallest absolute Gasteiger partial charge is 0.485 e. The molecule has 4 aromatic carbocycles. The molecule has 2 aliphatic heterocycles. The topological polar surface area (TPSA) is 104 Å². The maximum Gasteiger partial charge on any atom is 0.485 e. The molecule has 2 atom stereocenters. The Bertz CT molecular complexity index is 1950. The Morgan fingerprint density at radius 2 is 1.12 bits per heavy atom. The molecule has 5 aromatic rings. The van der Waals surface area contributed by atoms with E-state index in [0.717, 1.165) is 63.5 Å². The van der Waals surface area contributed by atoms with Crippen LogP contribution in [-0.4, -0.2) is 24.4 Å². The number of benzene rings is 4. The third kappa shape index (κ3) is 2.14. The van der Waals surface area contributed by atoms with Gasteiger partial charge in [-0.15, -0.1) is 0 Å². The van der Waals surface area contributed by atoms with Gasteiger partial charge in [0.05, 0.1) is 36.5 Å². The summed E-state index contributed by atoms with van der Waals surface area (Å²) in [5.74, 6) is 2.27. The first kappa shape index (κ1) is 22.1. The van der Waals surface area contributed by atoms with Gasteiger partial charge in [0.15, 0.2) is 5.92 Å². The molecule has 2 unspecified atom stereocenters. The van der Waals surface area contributed by atoms with E-state index >= 15 is 0 Å². The van der Waals surface area contributed by atoms with Crippen LogP contribution in [0.5, 0.6) is 11.5 Å². The number of nitrogens with two attached hydrogens (primary N) is 2. The maximum atomic E-state index is 7.74. The van der Waals surface area contributed by atoms with Crippen molar-refractivity contribution in [3.63, 3.8) is 0 Å². The van der Waals surface area contributed by atoms with Crippen LogP contribution in [0.4, 0.5) is 0 Å². The van der Waals surface area contributed by atoms with Gasteiger partial charge in [0, 0.05) is 19.6 Å². The molecule has 4 N–H and O–H groups in total. The molecule has 0 spiro atoms. The summed E-state index contributed by atoms with van der Waals surface area (Å²) < 4.78 is 15.9. The highest BCUT2D eigenvalue weighted by molar-refractivity contribution is 5.86. The highest BCUT2D eigenvalue weighted by Gasteiger charge is 2.70. The van der Waals surface area contributed by atoms with Crippen molar-refractivity contribution in [3.05, 3.63) is 128 Å². The minimum atomic E-state index is -1.12. The zero-order valence-corrected chi connectivity index (χ0v) is 22.6. The van der Waals surface area contributed by atoms with Crippen LogP contribution in [0, 0.1) is 0 Å². The standard InChI is InChI=1S/C33H26N6O2/c1-40-22-7-3-5-16-13-18-9-11-20-21-12-10-19-14-17-6-4-8-23(41-2)28(17)33(35)30(19)25(21)26-24(20)29(18)32(34,27(16)22)38-31(26)39(33)37-15-36-38/h3-12,15,26H,13-14,34-35H2,1-2H3/q+2. The van der Waals surface area contributed by atoms with E-state index in [1.54, 1.807) is 20.5 Å². The van der Waals surface area contributed by atoms with Crippen molar-refractivity contribution in [2.45, 2.75) is 30.1 Å². The molecule has 0 radical (unpaired) electrons. The van der Waals surface area contributed by atoms with Crippen LogP contribution in [-0.2, 0) is 24.2 Å². The highest BCUT2D eigenvalue weighted by Crippen LogP contribution is 2.60. The molecule has 3 aliphatic carbocycles. The lowest BCUT2D eigenvalue weighted by Crippen LogP contribution is -2.81. The number of nitrogens with zero attached hydrogens (tertiary/aromatic N) is 4. The van der Waals surface area contributed by atoms with Crippen molar-refractivity contribution in [2.75, 3.05) is 14.2 Å². The van der Waals surface area contributed by atoms with E-state index in [-0.39, 0.29) is 5.92 Å². The summed E-state index contributed by atoms with van der Waals surface area (Å²) in [6.45, 7) is 0. The van der Waals surface area contributed by atoms with Crippen LogP contribution in [0.3, 0.4) is 0 Å². The van der Waals surface area contributed by atoms with E-state index in [1.165, 1.54) is 33.4 Å². The Balaban J connectivity index is 1.43. The summed E-state index contributed by atoms with van der Waals surface area (Å²) >= 11 is 0. The van der Waals surface area contributed by atoms with Crippen molar-refractivity contribution >= 4 is 0 Å². The monoisotopic (exact) mass is 538 g/mol. The number of methoxy groups -OCH3 is 2. The Morgan fingerprint density at radius 3 is 1.59 bits per heavy atom. The van der Waals surface area contributed by atoms with Gasteiger partial charge >= 0.3 is 17.2 Å². The van der Waals surface area contributed by atoms with Crippen molar-refractivity contribution < 1.29 is 18.8 Å². The van der Waals surface area contributed by atoms with E-state index in [9.17, 15) is 0 Å². The number of rotatable bonds is 2. The fourth-order valence-corrected chi connectivity index (χ4v) is 8.86. The summed E-state index contributed by atoms with van der Waals surface area (Å²) in [6, 6.07) is 21.4. The van der Waals surface area contributed by atoms with Crippen molar-refractivity contribution in [3.8, 4) is 22.6 Å². The van der Waals surface area contributed by atoms with Gasteiger partial charge in [-0.05, 0) is 69.5 Å². The molecular formula is C33H26N6O2+2. The number of ether oxygens (including phenoxy) is 2. The lowest BCUT2D eigenvalue weighted by Gasteiger charge is -2.41. The zero-order chi connectivity index (χ0) is 27.4.